The SMILES string of the molecule is [2H]c1c([2H])c([2H])c(-c2c3c([2H])c([2H])c([2H])c([2H])c3c(-c3ccc4c(-c5cccc(-c6ccccc6)c5)cccc4c3)c3c([2H])c([2H])c([2H])c([2H])c23)c([2H])c1[2H]. The maximum atomic E-state index is 9.22. The first kappa shape index (κ1) is 14.4. The summed E-state index contributed by atoms with van der Waals surface area (Å²) >= 11 is 0. The van der Waals surface area contributed by atoms with Crippen LogP contribution in [0.4, 0.5) is 0 Å². The second kappa shape index (κ2) is 10.2. The van der Waals surface area contributed by atoms with E-state index in [4.69, 9.17) is 15.1 Å². The Morgan fingerprint density at radius 1 is 0.333 bits per heavy atom. The molecule has 0 unspecified atom stereocenters. The maximum absolute atomic E-state index is 9.22. The highest BCUT2D eigenvalue weighted by atomic mass is 14.2. The van der Waals surface area contributed by atoms with E-state index < -0.39 is 84.1 Å². The Kier molecular flexibility index (Phi) is 3.50. The van der Waals surface area contributed by atoms with Crippen molar-refractivity contribution in [3.8, 4) is 44.5 Å². The van der Waals surface area contributed by atoms with Gasteiger partial charge in [0.15, 0.2) is 0 Å². The maximum Gasteiger partial charge on any atom is 0.0629 e. The third kappa shape index (κ3) is 4.08. The predicted molar refractivity (Wildman–Crippen MR) is 181 cm³/mol. The first-order valence-corrected chi connectivity index (χ1v) is 13.5. The van der Waals surface area contributed by atoms with Crippen molar-refractivity contribution >= 4 is 32.3 Å². The molecule has 0 heteroatoms. The fraction of sp³-hybridized carbons (Fsp3) is 0. The first-order valence-electron chi connectivity index (χ1n) is 20.0. The zero-order chi connectivity index (χ0) is 39.2. The summed E-state index contributed by atoms with van der Waals surface area (Å²) in [6.45, 7) is 0. The molecule has 0 heterocycles. The molecular weight excluding hydrogens is 504 g/mol. The Hall–Kier alpha value is -5.46. The van der Waals surface area contributed by atoms with E-state index in [1.54, 1.807) is 12.1 Å². The van der Waals surface area contributed by atoms with Crippen LogP contribution in [0.5, 0.6) is 0 Å². The van der Waals surface area contributed by atoms with Crippen LogP contribution < -0.4 is 0 Å². The van der Waals surface area contributed by atoms with Gasteiger partial charge in [-0.3, -0.25) is 0 Å². The van der Waals surface area contributed by atoms with Gasteiger partial charge in [-0.05, 0) is 89.0 Å². The van der Waals surface area contributed by atoms with Gasteiger partial charge in [0.2, 0.25) is 0 Å². The monoisotopic (exact) mass is 545 g/mol. The Labute approximate surface area is 264 Å². The molecule has 0 saturated heterocycles. The first-order chi connectivity index (χ1) is 26.2. The zero-order valence-corrected chi connectivity index (χ0v) is 22.2. The predicted octanol–water partition coefficient (Wildman–Crippen LogP) is 11.8. The molecule has 0 nitrogen and oxygen atoms in total. The lowest BCUT2D eigenvalue weighted by molar-refractivity contribution is 1.60. The van der Waals surface area contributed by atoms with Gasteiger partial charge in [-0.2, -0.15) is 0 Å². The minimum absolute atomic E-state index is 0.0958. The van der Waals surface area contributed by atoms with Crippen molar-refractivity contribution in [2.24, 2.45) is 0 Å². The van der Waals surface area contributed by atoms with Crippen molar-refractivity contribution in [3.05, 3.63) is 170 Å². The molecule has 0 N–H and O–H groups in total. The van der Waals surface area contributed by atoms with Gasteiger partial charge in [0.05, 0.1) is 17.8 Å². The van der Waals surface area contributed by atoms with Gasteiger partial charge in [-0.25, -0.2) is 0 Å². The molecule has 0 aliphatic rings. The lowest BCUT2D eigenvalue weighted by atomic mass is 9.85. The van der Waals surface area contributed by atoms with Gasteiger partial charge in [-0.1, -0.05) is 157 Å². The van der Waals surface area contributed by atoms with Crippen molar-refractivity contribution in [2.75, 3.05) is 0 Å². The van der Waals surface area contributed by atoms with E-state index in [2.05, 4.69) is 6.07 Å². The number of hydrogen-bond donors (Lipinski definition) is 0. The van der Waals surface area contributed by atoms with Crippen LogP contribution in [-0.2, 0) is 0 Å². The van der Waals surface area contributed by atoms with Gasteiger partial charge >= 0.3 is 0 Å². The molecule has 0 aliphatic carbocycles. The van der Waals surface area contributed by atoms with E-state index in [0.29, 0.717) is 5.56 Å². The topological polar surface area (TPSA) is 0 Å². The molecule has 0 fully saturated rings. The van der Waals surface area contributed by atoms with Crippen LogP contribution in [0, 0.1) is 0 Å². The summed E-state index contributed by atoms with van der Waals surface area (Å²) in [4.78, 5) is 0. The highest BCUT2D eigenvalue weighted by Crippen LogP contribution is 2.44. The second-order valence-electron chi connectivity index (χ2n) is 9.94. The molecule has 0 spiro atoms. The van der Waals surface area contributed by atoms with Gasteiger partial charge < -0.3 is 0 Å². The molecule has 0 amide bonds. The molecule has 8 rings (SSSR count). The molecule has 8 aromatic rings. The van der Waals surface area contributed by atoms with Crippen LogP contribution in [0.1, 0.15) is 17.8 Å². The third-order valence-electron chi connectivity index (χ3n) is 7.57. The molecule has 8 aromatic carbocycles. The Bertz CT molecular complexity index is 2850. The highest BCUT2D eigenvalue weighted by molar-refractivity contribution is 6.21. The molecule has 42 heavy (non-hydrogen) atoms. The molecule has 0 aliphatic heterocycles. The summed E-state index contributed by atoms with van der Waals surface area (Å²) in [5, 5.41) is 0.919. The van der Waals surface area contributed by atoms with Crippen LogP contribution in [-0.4, -0.2) is 0 Å². The van der Waals surface area contributed by atoms with Gasteiger partial charge in [0.1, 0.15) is 0 Å². The van der Waals surface area contributed by atoms with E-state index in [9.17, 15) is 2.74 Å². The molecule has 196 valence electrons. The van der Waals surface area contributed by atoms with Crippen molar-refractivity contribution in [3.63, 3.8) is 0 Å². The van der Waals surface area contributed by atoms with E-state index in [0.717, 1.165) is 33.0 Å². The molecule has 0 radical (unpaired) electrons. The summed E-state index contributed by atoms with van der Waals surface area (Å²) in [5.41, 5.74) is 3.73. The largest absolute Gasteiger partial charge is 0.0629 e. The zero-order valence-electron chi connectivity index (χ0n) is 35.2. The summed E-state index contributed by atoms with van der Waals surface area (Å²) in [5.74, 6) is 0. The van der Waals surface area contributed by atoms with Crippen LogP contribution >= 0.6 is 0 Å². The van der Waals surface area contributed by atoms with E-state index in [1.165, 1.54) is 0 Å². The van der Waals surface area contributed by atoms with Crippen LogP contribution in [0.3, 0.4) is 0 Å². The van der Waals surface area contributed by atoms with Crippen molar-refractivity contribution in [1.29, 1.82) is 0 Å². The minimum Gasteiger partial charge on any atom is -0.0622 e. The third-order valence-corrected chi connectivity index (χ3v) is 7.57. The average molecular weight is 546 g/mol. The smallest absolute Gasteiger partial charge is 0.0622 e. The van der Waals surface area contributed by atoms with Crippen LogP contribution in [0.25, 0.3) is 76.8 Å². The quantitative estimate of drug-likeness (QED) is 0.193. The van der Waals surface area contributed by atoms with E-state index in [1.807, 2.05) is 72.8 Å². The normalized spacial score (nSPS) is 15.7. The van der Waals surface area contributed by atoms with Crippen LogP contribution in [0.2, 0.25) is 0 Å². The standard InChI is InChI=1S/C42H28/c1-3-13-29(14-4-1)31-17-11-18-32(27-31)35-24-12-19-33-28-34(25-26-36(33)35)42-39-22-9-7-20-37(39)41(30-15-5-2-6-16-30)38-21-8-10-23-40(38)42/h1-28H/i2D,5D,6D,7D,8D,9D,10D,15D,16D,20D,21D,22D,23D. The molecular formula is C42H28. The summed E-state index contributed by atoms with van der Waals surface area (Å²) in [7, 11) is 0. The molecule has 0 aromatic heterocycles. The van der Waals surface area contributed by atoms with Gasteiger partial charge in [-0.15, -0.1) is 0 Å². The summed E-state index contributed by atoms with van der Waals surface area (Å²) in [6.07, 6.45) is 0. The summed E-state index contributed by atoms with van der Waals surface area (Å²) < 4.78 is 114. The summed E-state index contributed by atoms with van der Waals surface area (Å²) in [6, 6.07) is 21.1. The Morgan fingerprint density at radius 3 is 1.60 bits per heavy atom. The average Bonchev–Trinajstić information content (AvgIpc) is 3.21. The van der Waals surface area contributed by atoms with Crippen molar-refractivity contribution < 1.29 is 17.8 Å². The number of rotatable bonds is 4. The molecule has 0 atom stereocenters. The fourth-order valence-corrected chi connectivity index (χ4v) is 5.73. The molecule has 0 saturated carbocycles. The highest BCUT2D eigenvalue weighted by Gasteiger charge is 2.17. The van der Waals surface area contributed by atoms with E-state index in [-0.39, 0.29) is 32.7 Å². The number of benzene rings is 8. The van der Waals surface area contributed by atoms with Gasteiger partial charge in [0.25, 0.3) is 0 Å². The number of fused-ring (bicyclic) bond motifs is 3. The van der Waals surface area contributed by atoms with Crippen LogP contribution in [0.15, 0.2) is 170 Å². The minimum atomic E-state index is -0.706. The Balaban J connectivity index is 1.53. The lowest BCUT2D eigenvalue weighted by Crippen LogP contribution is -1.91. The van der Waals surface area contributed by atoms with Crippen molar-refractivity contribution in [1.82, 2.24) is 0 Å². The van der Waals surface area contributed by atoms with Gasteiger partial charge in [0, 0.05) is 0 Å². The fourth-order valence-electron chi connectivity index (χ4n) is 5.73. The second-order valence-corrected chi connectivity index (χ2v) is 9.94. The van der Waals surface area contributed by atoms with Crippen molar-refractivity contribution in [2.45, 2.75) is 0 Å². The lowest BCUT2D eigenvalue weighted by Gasteiger charge is -2.18. The number of hydrogen-bond acceptors (Lipinski definition) is 0. The Morgan fingerprint density at radius 2 is 0.905 bits per heavy atom. The van der Waals surface area contributed by atoms with E-state index >= 15 is 0 Å². The molecule has 0 bridgehead atoms.